The van der Waals surface area contributed by atoms with E-state index in [-0.39, 0.29) is 17.5 Å². The van der Waals surface area contributed by atoms with Crippen LogP contribution in [0, 0.1) is 0 Å². The van der Waals surface area contributed by atoms with Gasteiger partial charge in [-0.15, -0.1) is 0 Å². The van der Waals surface area contributed by atoms with Gasteiger partial charge in [0, 0.05) is 44.8 Å². The number of carbonyl (C=O) groups excluding carboxylic acids is 1. The van der Waals surface area contributed by atoms with Crippen LogP contribution in [0.3, 0.4) is 0 Å². The van der Waals surface area contributed by atoms with Crippen LogP contribution in [-0.2, 0) is 12.6 Å². The van der Waals surface area contributed by atoms with E-state index < -0.39 is 0 Å². The summed E-state index contributed by atoms with van der Waals surface area (Å²) in [6.45, 7) is 12.7. The highest BCUT2D eigenvalue weighted by molar-refractivity contribution is 5.92. The molecule has 3 rings (SSSR count). The summed E-state index contributed by atoms with van der Waals surface area (Å²) in [5.41, 5.74) is 1.44. The van der Waals surface area contributed by atoms with Gasteiger partial charge >= 0.3 is 0 Å². The van der Waals surface area contributed by atoms with Crippen molar-refractivity contribution in [1.29, 1.82) is 0 Å². The fourth-order valence-electron chi connectivity index (χ4n) is 3.47. The molecule has 0 saturated carbocycles. The molecule has 7 nitrogen and oxygen atoms in total. The van der Waals surface area contributed by atoms with Crippen molar-refractivity contribution in [3.05, 3.63) is 35.7 Å². The molecule has 0 aromatic carbocycles. The Kier molecular flexibility index (Phi) is 4.92. The number of hydrogen-bond acceptors (Lipinski definition) is 4. The lowest BCUT2D eigenvalue weighted by Gasteiger charge is -2.35. The average molecular weight is 358 g/mol. The SMILES string of the molecule is CC(C)c1cc(C(=O)N2CCNCC2c2nccn2C)nn1C(C)(C)C. The van der Waals surface area contributed by atoms with Crippen molar-refractivity contribution in [2.75, 3.05) is 19.6 Å². The molecule has 142 valence electrons. The molecule has 1 amide bonds. The monoisotopic (exact) mass is 358 g/mol. The van der Waals surface area contributed by atoms with E-state index in [4.69, 9.17) is 5.10 Å². The minimum absolute atomic E-state index is 0.0237. The Morgan fingerprint density at radius 1 is 1.35 bits per heavy atom. The number of piperazine rings is 1. The van der Waals surface area contributed by atoms with E-state index in [1.165, 1.54) is 0 Å². The van der Waals surface area contributed by atoms with Gasteiger partial charge in [-0.1, -0.05) is 13.8 Å². The number of nitrogens with zero attached hydrogens (tertiary/aromatic N) is 5. The number of rotatable bonds is 3. The molecule has 3 heterocycles. The van der Waals surface area contributed by atoms with Crippen LogP contribution in [0.25, 0.3) is 0 Å². The van der Waals surface area contributed by atoms with Crippen LogP contribution in [-0.4, -0.2) is 49.8 Å². The molecular formula is C19H30N6O. The largest absolute Gasteiger partial charge is 0.336 e. The highest BCUT2D eigenvalue weighted by Gasteiger charge is 2.33. The third-order valence-corrected chi connectivity index (χ3v) is 4.84. The zero-order valence-corrected chi connectivity index (χ0v) is 16.7. The standard InChI is InChI=1S/C19H30N6O/c1-13(2)15-11-14(22-25(15)19(3,4)5)18(26)24-10-7-20-12-16(24)17-21-8-9-23(17)6/h8-9,11,13,16,20H,7,10,12H2,1-6H3. The van der Waals surface area contributed by atoms with Crippen molar-refractivity contribution >= 4 is 5.91 Å². The van der Waals surface area contributed by atoms with Crippen molar-refractivity contribution in [2.24, 2.45) is 7.05 Å². The van der Waals surface area contributed by atoms with Gasteiger partial charge in [-0.3, -0.25) is 9.48 Å². The molecule has 0 spiro atoms. The Labute approximate surface area is 155 Å². The molecule has 0 bridgehead atoms. The van der Waals surface area contributed by atoms with Crippen molar-refractivity contribution in [3.8, 4) is 0 Å². The van der Waals surface area contributed by atoms with E-state index >= 15 is 0 Å². The number of aromatic nitrogens is 4. The molecule has 2 aromatic heterocycles. The Hall–Kier alpha value is -2.15. The summed E-state index contributed by atoms with van der Waals surface area (Å²) in [7, 11) is 1.96. The van der Waals surface area contributed by atoms with Crippen molar-refractivity contribution in [1.82, 2.24) is 29.5 Å². The average Bonchev–Trinajstić information content (AvgIpc) is 3.20. The van der Waals surface area contributed by atoms with E-state index in [2.05, 4.69) is 44.9 Å². The van der Waals surface area contributed by atoms with Crippen molar-refractivity contribution in [3.63, 3.8) is 0 Å². The molecule has 1 unspecified atom stereocenters. The van der Waals surface area contributed by atoms with Crippen molar-refractivity contribution in [2.45, 2.75) is 52.1 Å². The highest BCUT2D eigenvalue weighted by atomic mass is 16.2. The fourth-order valence-corrected chi connectivity index (χ4v) is 3.47. The molecule has 1 aliphatic rings. The van der Waals surface area contributed by atoms with E-state index in [9.17, 15) is 4.79 Å². The van der Waals surface area contributed by atoms with Gasteiger partial charge in [0.2, 0.25) is 0 Å². The van der Waals surface area contributed by atoms with Crippen LogP contribution < -0.4 is 5.32 Å². The molecule has 26 heavy (non-hydrogen) atoms. The van der Waals surface area contributed by atoms with Crippen LogP contribution in [0.5, 0.6) is 0 Å². The summed E-state index contributed by atoms with van der Waals surface area (Å²) in [5, 5.41) is 8.07. The molecule has 1 aliphatic heterocycles. The first-order chi connectivity index (χ1) is 12.2. The third kappa shape index (κ3) is 3.40. The Bertz CT molecular complexity index is 782. The number of aryl methyl sites for hydroxylation is 1. The number of hydrogen-bond donors (Lipinski definition) is 1. The Balaban J connectivity index is 1.96. The number of amides is 1. The predicted molar refractivity (Wildman–Crippen MR) is 101 cm³/mol. The molecule has 1 fully saturated rings. The summed E-state index contributed by atoms with van der Waals surface area (Å²) < 4.78 is 3.97. The number of imidazole rings is 1. The lowest BCUT2D eigenvalue weighted by Crippen LogP contribution is -2.49. The second kappa shape index (κ2) is 6.87. The van der Waals surface area contributed by atoms with E-state index in [0.717, 1.165) is 18.1 Å². The highest BCUT2D eigenvalue weighted by Crippen LogP contribution is 2.27. The lowest BCUT2D eigenvalue weighted by atomic mass is 10.1. The van der Waals surface area contributed by atoms with Crippen LogP contribution in [0.2, 0.25) is 0 Å². The predicted octanol–water partition coefficient (Wildman–Crippen LogP) is 2.28. The molecule has 1 atom stereocenters. The molecule has 1 saturated heterocycles. The summed E-state index contributed by atoms with van der Waals surface area (Å²) >= 11 is 0. The van der Waals surface area contributed by atoms with Gasteiger partial charge in [-0.2, -0.15) is 5.10 Å². The van der Waals surface area contributed by atoms with Crippen molar-refractivity contribution < 1.29 is 4.79 Å². The molecule has 1 N–H and O–H groups in total. The van der Waals surface area contributed by atoms with E-state index in [1.54, 1.807) is 6.20 Å². The zero-order valence-electron chi connectivity index (χ0n) is 16.7. The second-order valence-corrected chi connectivity index (χ2v) is 8.31. The first kappa shape index (κ1) is 18.6. The normalized spacial score (nSPS) is 18.6. The summed E-state index contributed by atoms with van der Waals surface area (Å²) in [5.74, 6) is 1.17. The summed E-state index contributed by atoms with van der Waals surface area (Å²) in [4.78, 5) is 19.7. The number of carbonyl (C=O) groups is 1. The quantitative estimate of drug-likeness (QED) is 0.914. The maximum absolute atomic E-state index is 13.3. The first-order valence-corrected chi connectivity index (χ1v) is 9.29. The maximum Gasteiger partial charge on any atom is 0.275 e. The fraction of sp³-hybridized carbons (Fsp3) is 0.632. The summed E-state index contributed by atoms with van der Waals surface area (Å²) in [6.07, 6.45) is 3.69. The van der Waals surface area contributed by atoms with E-state index in [1.807, 2.05) is 33.5 Å². The van der Waals surface area contributed by atoms with Crippen LogP contribution in [0.1, 0.15) is 68.6 Å². The maximum atomic E-state index is 13.3. The Morgan fingerprint density at radius 3 is 2.62 bits per heavy atom. The Morgan fingerprint density at radius 2 is 2.08 bits per heavy atom. The first-order valence-electron chi connectivity index (χ1n) is 9.29. The smallest absolute Gasteiger partial charge is 0.275 e. The minimum atomic E-state index is -0.166. The second-order valence-electron chi connectivity index (χ2n) is 8.31. The lowest BCUT2D eigenvalue weighted by molar-refractivity contribution is 0.0613. The minimum Gasteiger partial charge on any atom is -0.336 e. The van der Waals surface area contributed by atoms with Gasteiger partial charge in [0.15, 0.2) is 5.69 Å². The molecule has 0 radical (unpaired) electrons. The topological polar surface area (TPSA) is 68.0 Å². The van der Waals surface area contributed by atoms with Gasteiger partial charge in [0.1, 0.15) is 11.9 Å². The van der Waals surface area contributed by atoms with Gasteiger partial charge in [-0.25, -0.2) is 4.98 Å². The molecule has 7 heteroatoms. The third-order valence-electron chi connectivity index (χ3n) is 4.84. The molecular weight excluding hydrogens is 328 g/mol. The van der Waals surface area contributed by atoms with Gasteiger partial charge in [0.25, 0.3) is 5.91 Å². The van der Waals surface area contributed by atoms with Crippen LogP contribution >= 0.6 is 0 Å². The van der Waals surface area contributed by atoms with Gasteiger partial charge in [0.05, 0.1) is 5.54 Å². The van der Waals surface area contributed by atoms with Crippen LogP contribution in [0.15, 0.2) is 18.5 Å². The van der Waals surface area contributed by atoms with E-state index in [0.29, 0.717) is 24.7 Å². The summed E-state index contributed by atoms with van der Waals surface area (Å²) in [6, 6.07) is 1.87. The molecule has 0 aliphatic carbocycles. The zero-order chi connectivity index (χ0) is 19.1. The van der Waals surface area contributed by atoms with Gasteiger partial charge in [-0.05, 0) is 32.8 Å². The number of nitrogens with one attached hydrogen (secondary N) is 1. The van der Waals surface area contributed by atoms with Crippen LogP contribution in [0.4, 0.5) is 0 Å². The van der Waals surface area contributed by atoms with Gasteiger partial charge < -0.3 is 14.8 Å². The molecule has 2 aromatic rings.